The normalized spacial score (nSPS) is 17.7. The highest BCUT2D eigenvalue weighted by Gasteiger charge is 2.33. The van der Waals surface area contributed by atoms with Crippen molar-refractivity contribution in [1.29, 1.82) is 0 Å². The summed E-state index contributed by atoms with van der Waals surface area (Å²) >= 11 is 3.32. The smallest absolute Gasteiger partial charge is 0.243 e. The highest BCUT2D eigenvalue weighted by Crippen LogP contribution is 2.25. The molecule has 0 spiro atoms. The third kappa shape index (κ3) is 5.58. The van der Waals surface area contributed by atoms with Crippen LogP contribution in [0.15, 0.2) is 57.9 Å². The third-order valence-corrected chi connectivity index (χ3v) is 7.49. The van der Waals surface area contributed by atoms with Crippen LogP contribution in [0.5, 0.6) is 5.75 Å². The van der Waals surface area contributed by atoms with E-state index in [1.165, 1.54) is 4.31 Å². The Morgan fingerprint density at radius 1 is 1.17 bits per heavy atom. The molecule has 8 heteroatoms. The van der Waals surface area contributed by atoms with E-state index in [0.717, 1.165) is 15.8 Å². The third-order valence-electron chi connectivity index (χ3n) is 5.08. The van der Waals surface area contributed by atoms with Crippen molar-refractivity contribution in [2.24, 2.45) is 5.92 Å². The van der Waals surface area contributed by atoms with Crippen molar-refractivity contribution in [2.75, 3.05) is 26.7 Å². The molecule has 1 heterocycles. The molecule has 6 nitrogen and oxygen atoms in total. The van der Waals surface area contributed by atoms with Gasteiger partial charge in [-0.2, -0.15) is 4.31 Å². The number of ether oxygens (including phenoxy) is 1. The van der Waals surface area contributed by atoms with Crippen molar-refractivity contribution in [2.45, 2.75) is 24.2 Å². The van der Waals surface area contributed by atoms with Crippen LogP contribution in [0.4, 0.5) is 0 Å². The fourth-order valence-electron chi connectivity index (χ4n) is 3.40. The van der Waals surface area contributed by atoms with Crippen LogP contribution in [0.25, 0.3) is 0 Å². The number of carbonyl (C=O) groups is 1. The van der Waals surface area contributed by atoms with E-state index in [4.69, 9.17) is 4.74 Å². The maximum absolute atomic E-state index is 12.9. The zero-order chi connectivity index (χ0) is 20.9. The van der Waals surface area contributed by atoms with Gasteiger partial charge in [-0.1, -0.05) is 28.1 Å². The van der Waals surface area contributed by atoms with Crippen molar-refractivity contribution < 1.29 is 17.9 Å². The number of rotatable bonds is 7. The molecule has 0 bridgehead atoms. The second kappa shape index (κ2) is 9.73. The van der Waals surface area contributed by atoms with Crippen LogP contribution in [-0.4, -0.2) is 45.4 Å². The SMILES string of the molecule is COc1ccc(CCNC(=O)[C@@H]2CCCN(S(=O)(=O)c3ccc(Br)cc3)C2)cc1. The molecule has 0 unspecified atom stereocenters. The standard InChI is InChI=1S/C21H25BrN2O4S/c1-28-19-8-4-16(5-9-19)12-13-23-21(25)17-3-2-14-24(15-17)29(26,27)20-10-6-18(22)7-11-20/h4-11,17H,2-3,12-15H2,1H3,(H,23,25)/t17-/m1/s1. The number of hydrogen-bond acceptors (Lipinski definition) is 4. The molecule has 2 aromatic carbocycles. The summed E-state index contributed by atoms with van der Waals surface area (Å²) in [6.45, 7) is 1.17. The van der Waals surface area contributed by atoms with Gasteiger partial charge in [-0.3, -0.25) is 4.79 Å². The van der Waals surface area contributed by atoms with Crippen LogP contribution in [0.1, 0.15) is 18.4 Å². The topological polar surface area (TPSA) is 75.7 Å². The molecule has 29 heavy (non-hydrogen) atoms. The lowest BCUT2D eigenvalue weighted by atomic mass is 9.99. The molecule has 3 rings (SSSR count). The Hall–Kier alpha value is -1.90. The zero-order valence-electron chi connectivity index (χ0n) is 16.3. The van der Waals surface area contributed by atoms with Gasteiger partial charge < -0.3 is 10.1 Å². The highest BCUT2D eigenvalue weighted by molar-refractivity contribution is 9.10. The number of piperidine rings is 1. The van der Waals surface area contributed by atoms with Crippen molar-refractivity contribution >= 4 is 31.9 Å². The first kappa shape index (κ1) is 21.8. The minimum atomic E-state index is -3.59. The van der Waals surface area contributed by atoms with Gasteiger partial charge in [-0.05, 0) is 61.2 Å². The summed E-state index contributed by atoms with van der Waals surface area (Å²) in [5, 5.41) is 2.95. The maximum atomic E-state index is 12.9. The van der Waals surface area contributed by atoms with Gasteiger partial charge in [0.05, 0.1) is 17.9 Å². The summed E-state index contributed by atoms with van der Waals surface area (Å²) in [5.74, 6) is 0.381. The lowest BCUT2D eigenvalue weighted by molar-refractivity contribution is -0.126. The van der Waals surface area contributed by atoms with Crippen molar-refractivity contribution in [1.82, 2.24) is 9.62 Å². The van der Waals surface area contributed by atoms with E-state index in [2.05, 4.69) is 21.2 Å². The molecule has 1 aliphatic heterocycles. The van der Waals surface area contributed by atoms with E-state index in [0.29, 0.717) is 32.4 Å². The van der Waals surface area contributed by atoms with Crippen LogP contribution in [-0.2, 0) is 21.2 Å². The number of sulfonamides is 1. The Morgan fingerprint density at radius 2 is 1.86 bits per heavy atom. The molecule has 1 atom stereocenters. The molecule has 156 valence electrons. The van der Waals surface area contributed by atoms with Gasteiger partial charge in [-0.25, -0.2) is 8.42 Å². The molecule has 0 saturated carbocycles. The van der Waals surface area contributed by atoms with Gasteiger partial charge in [0.25, 0.3) is 0 Å². The van der Waals surface area contributed by atoms with E-state index >= 15 is 0 Å². The lowest BCUT2D eigenvalue weighted by Crippen LogP contribution is -2.45. The summed E-state index contributed by atoms with van der Waals surface area (Å²) < 4.78 is 33.2. The number of nitrogens with zero attached hydrogens (tertiary/aromatic N) is 1. The number of carbonyl (C=O) groups excluding carboxylic acids is 1. The molecule has 0 radical (unpaired) electrons. The minimum absolute atomic E-state index is 0.0887. The van der Waals surface area contributed by atoms with Crippen LogP contribution < -0.4 is 10.1 Å². The number of hydrogen-bond donors (Lipinski definition) is 1. The van der Waals surface area contributed by atoms with Crippen molar-refractivity contribution in [3.8, 4) is 5.75 Å². The van der Waals surface area contributed by atoms with Crippen molar-refractivity contribution in [3.63, 3.8) is 0 Å². The molecule has 0 aromatic heterocycles. The van der Waals surface area contributed by atoms with Gasteiger partial charge in [0, 0.05) is 24.1 Å². The average Bonchev–Trinajstić information content (AvgIpc) is 2.74. The van der Waals surface area contributed by atoms with E-state index in [9.17, 15) is 13.2 Å². The summed E-state index contributed by atoms with van der Waals surface area (Å²) in [5.41, 5.74) is 1.11. The fourth-order valence-corrected chi connectivity index (χ4v) is 5.19. The van der Waals surface area contributed by atoms with Crippen LogP contribution in [0.3, 0.4) is 0 Å². The van der Waals surface area contributed by atoms with Gasteiger partial charge in [0.1, 0.15) is 5.75 Å². The number of methoxy groups -OCH3 is 1. The zero-order valence-corrected chi connectivity index (χ0v) is 18.7. The van der Waals surface area contributed by atoms with E-state index < -0.39 is 10.0 Å². The average molecular weight is 481 g/mol. The van der Waals surface area contributed by atoms with Crippen LogP contribution in [0.2, 0.25) is 0 Å². The molecular weight excluding hydrogens is 456 g/mol. The predicted molar refractivity (Wildman–Crippen MR) is 115 cm³/mol. The maximum Gasteiger partial charge on any atom is 0.243 e. The molecule has 1 amide bonds. The summed E-state index contributed by atoms with van der Waals surface area (Å²) in [7, 11) is -1.97. The van der Waals surface area contributed by atoms with E-state index in [1.807, 2.05) is 24.3 Å². The molecule has 2 aromatic rings. The predicted octanol–water partition coefficient (Wildman–Crippen LogP) is 3.22. The van der Waals surface area contributed by atoms with Gasteiger partial charge in [-0.15, -0.1) is 0 Å². The molecule has 1 aliphatic rings. The minimum Gasteiger partial charge on any atom is -0.497 e. The Kier molecular flexibility index (Phi) is 7.32. The first-order valence-corrected chi connectivity index (χ1v) is 11.8. The number of nitrogens with one attached hydrogen (secondary N) is 1. The first-order valence-electron chi connectivity index (χ1n) is 9.56. The molecule has 0 aliphatic carbocycles. The van der Waals surface area contributed by atoms with E-state index in [-0.39, 0.29) is 23.3 Å². The number of amides is 1. The molecule has 1 N–H and O–H groups in total. The molecule has 1 saturated heterocycles. The number of benzene rings is 2. The summed E-state index contributed by atoms with van der Waals surface area (Å²) in [6.07, 6.45) is 2.08. The quantitative estimate of drug-likeness (QED) is 0.659. The number of halogens is 1. The molecule has 1 fully saturated rings. The van der Waals surface area contributed by atoms with E-state index in [1.54, 1.807) is 31.4 Å². The Morgan fingerprint density at radius 3 is 2.52 bits per heavy atom. The second-order valence-electron chi connectivity index (χ2n) is 7.05. The monoisotopic (exact) mass is 480 g/mol. The van der Waals surface area contributed by atoms with Crippen LogP contribution >= 0.6 is 15.9 Å². The van der Waals surface area contributed by atoms with Gasteiger partial charge in [0.2, 0.25) is 15.9 Å². The largest absolute Gasteiger partial charge is 0.497 e. The molecular formula is C21H25BrN2O4S. The van der Waals surface area contributed by atoms with Gasteiger partial charge >= 0.3 is 0 Å². The second-order valence-corrected chi connectivity index (χ2v) is 9.90. The lowest BCUT2D eigenvalue weighted by Gasteiger charge is -2.31. The Bertz CT molecular complexity index is 930. The van der Waals surface area contributed by atoms with Gasteiger partial charge in [0.15, 0.2) is 0 Å². The first-order chi connectivity index (χ1) is 13.9. The Balaban J connectivity index is 1.55. The van der Waals surface area contributed by atoms with Crippen molar-refractivity contribution in [3.05, 3.63) is 58.6 Å². The highest BCUT2D eigenvalue weighted by atomic mass is 79.9. The van der Waals surface area contributed by atoms with Crippen LogP contribution in [0, 0.1) is 5.92 Å². The fraction of sp³-hybridized carbons (Fsp3) is 0.381. The summed E-state index contributed by atoms with van der Waals surface area (Å²) in [4.78, 5) is 12.8. The Labute approximate surface area is 180 Å². The summed E-state index contributed by atoms with van der Waals surface area (Å²) in [6, 6.07) is 14.3.